The van der Waals surface area contributed by atoms with E-state index in [9.17, 15) is 9.18 Å². The first-order chi connectivity index (χ1) is 11.2. The van der Waals surface area contributed by atoms with E-state index < -0.39 is 11.0 Å². The molecular formula is C20H24FNO2. The van der Waals surface area contributed by atoms with E-state index in [2.05, 4.69) is 5.32 Å². The smallest absolute Gasteiger partial charge is 0.230 e. The normalized spacial score (nSPS) is 11.9. The van der Waals surface area contributed by atoms with E-state index in [1.54, 1.807) is 19.2 Å². The second kappa shape index (κ2) is 6.63. The predicted octanol–water partition coefficient (Wildman–Crippen LogP) is 4.16. The molecule has 0 spiro atoms. The molecule has 3 nitrogen and oxygen atoms in total. The summed E-state index contributed by atoms with van der Waals surface area (Å²) in [5.41, 5.74) is 0.441. The van der Waals surface area contributed by atoms with E-state index in [1.165, 1.54) is 12.1 Å². The molecule has 1 N–H and O–H groups in total. The molecule has 0 fully saturated rings. The number of hydrogen-bond acceptors (Lipinski definition) is 2. The lowest BCUT2D eigenvalue weighted by Gasteiger charge is -2.33. The number of nitrogens with one attached hydrogen (secondary N) is 1. The first-order valence-electron chi connectivity index (χ1n) is 7.90. The van der Waals surface area contributed by atoms with Crippen molar-refractivity contribution in [3.8, 4) is 5.75 Å². The van der Waals surface area contributed by atoms with Crippen LogP contribution in [0.25, 0.3) is 0 Å². The van der Waals surface area contributed by atoms with Crippen molar-refractivity contribution in [2.75, 3.05) is 7.11 Å². The predicted molar refractivity (Wildman–Crippen MR) is 93.6 cm³/mol. The highest BCUT2D eigenvalue weighted by atomic mass is 19.1. The zero-order valence-corrected chi connectivity index (χ0v) is 14.8. The molecule has 0 aliphatic carbocycles. The molecule has 0 aliphatic heterocycles. The fourth-order valence-corrected chi connectivity index (χ4v) is 2.52. The van der Waals surface area contributed by atoms with Crippen molar-refractivity contribution in [2.45, 2.75) is 38.6 Å². The number of carbonyl (C=O) groups excluding carboxylic acids is 1. The number of rotatable bonds is 5. The van der Waals surface area contributed by atoms with Crippen LogP contribution in [0.5, 0.6) is 5.75 Å². The summed E-state index contributed by atoms with van der Waals surface area (Å²) in [6, 6.07) is 13.7. The maximum atomic E-state index is 13.1. The van der Waals surface area contributed by atoms with Gasteiger partial charge in [0, 0.05) is 0 Å². The summed E-state index contributed by atoms with van der Waals surface area (Å²) in [5, 5.41) is 3.07. The summed E-state index contributed by atoms with van der Waals surface area (Å²) >= 11 is 0. The Bertz CT molecular complexity index is 703. The first-order valence-corrected chi connectivity index (χ1v) is 7.90. The van der Waals surface area contributed by atoms with Gasteiger partial charge in [0.15, 0.2) is 0 Å². The molecule has 2 rings (SSSR count). The van der Waals surface area contributed by atoms with Gasteiger partial charge in [-0.25, -0.2) is 4.39 Å². The van der Waals surface area contributed by atoms with Crippen LogP contribution in [0.4, 0.5) is 4.39 Å². The minimum Gasteiger partial charge on any atom is -0.497 e. The van der Waals surface area contributed by atoms with Crippen molar-refractivity contribution >= 4 is 5.91 Å². The van der Waals surface area contributed by atoms with Crippen molar-refractivity contribution in [1.29, 1.82) is 0 Å². The molecular weight excluding hydrogens is 305 g/mol. The molecule has 0 aliphatic rings. The lowest BCUT2D eigenvalue weighted by molar-refractivity contribution is -0.127. The first kappa shape index (κ1) is 18.0. The van der Waals surface area contributed by atoms with E-state index in [4.69, 9.17) is 4.74 Å². The average molecular weight is 329 g/mol. The van der Waals surface area contributed by atoms with Crippen LogP contribution in [-0.2, 0) is 15.7 Å². The van der Waals surface area contributed by atoms with Crippen molar-refractivity contribution in [2.24, 2.45) is 0 Å². The minimum atomic E-state index is -0.705. The summed E-state index contributed by atoms with van der Waals surface area (Å²) in [6.45, 7) is 7.57. The molecule has 0 radical (unpaired) electrons. The number of ether oxygens (including phenoxy) is 1. The Morgan fingerprint density at radius 2 is 1.42 bits per heavy atom. The van der Waals surface area contributed by atoms with Gasteiger partial charge in [0.1, 0.15) is 11.6 Å². The van der Waals surface area contributed by atoms with Crippen LogP contribution in [0, 0.1) is 5.82 Å². The molecule has 0 bridgehead atoms. The van der Waals surface area contributed by atoms with E-state index in [0.29, 0.717) is 0 Å². The van der Waals surface area contributed by atoms with E-state index in [0.717, 1.165) is 16.9 Å². The van der Waals surface area contributed by atoms with Crippen molar-refractivity contribution in [3.63, 3.8) is 0 Å². The molecule has 0 saturated heterocycles. The molecule has 128 valence electrons. The Morgan fingerprint density at radius 1 is 0.917 bits per heavy atom. The van der Waals surface area contributed by atoms with Gasteiger partial charge < -0.3 is 10.1 Å². The number of halogens is 1. The zero-order chi connectivity index (χ0) is 18.0. The van der Waals surface area contributed by atoms with Gasteiger partial charge in [-0.15, -0.1) is 0 Å². The van der Waals surface area contributed by atoms with Crippen LogP contribution in [0.1, 0.15) is 38.8 Å². The van der Waals surface area contributed by atoms with Gasteiger partial charge in [0.25, 0.3) is 0 Å². The monoisotopic (exact) mass is 329 g/mol. The van der Waals surface area contributed by atoms with Gasteiger partial charge in [-0.05, 0) is 63.1 Å². The number of methoxy groups -OCH3 is 1. The van der Waals surface area contributed by atoms with Crippen molar-refractivity contribution in [1.82, 2.24) is 5.32 Å². The number of benzene rings is 2. The topological polar surface area (TPSA) is 38.3 Å². The molecule has 4 heteroatoms. The van der Waals surface area contributed by atoms with Gasteiger partial charge in [-0.2, -0.15) is 0 Å². The third-order valence-electron chi connectivity index (χ3n) is 4.37. The molecule has 0 unspecified atom stereocenters. The van der Waals surface area contributed by atoms with Gasteiger partial charge in [-0.1, -0.05) is 24.3 Å². The fraction of sp³-hybridized carbons (Fsp3) is 0.350. The van der Waals surface area contributed by atoms with Gasteiger partial charge in [0.2, 0.25) is 5.91 Å². The Kier molecular flexibility index (Phi) is 4.97. The number of hydrogen-bond donors (Lipinski definition) is 1. The lowest BCUT2D eigenvalue weighted by Crippen LogP contribution is -2.48. The van der Waals surface area contributed by atoms with Gasteiger partial charge in [-0.3, -0.25) is 4.79 Å². The SMILES string of the molecule is COc1ccc(C(C)(C)C(=O)NC(C)(C)c2ccc(F)cc2)cc1. The molecule has 0 atom stereocenters. The summed E-state index contributed by atoms with van der Waals surface area (Å²) in [5.74, 6) is 0.364. The molecule has 2 aromatic carbocycles. The highest BCUT2D eigenvalue weighted by Crippen LogP contribution is 2.28. The molecule has 0 saturated carbocycles. The number of carbonyl (C=O) groups is 1. The molecule has 0 aromatic heterocycles. The summed E-state index contributed by atoms with van der Waals surface area (Å²) in [6.07, 6.45) is 0. The van der Waals surface area contributed by atoms with E-state index in [1.807, 2.05) is 52.0 Å². The maximum absolute atomic E-state index is 13.1. The van der Waals surface area contributed by atoms with Crippen molar-refractivity contribution in [3.05, 3.63) is 65.5 Å². The zero-order valence-electron chi connectivity index (χ0n) is 14.8. The van der Waals surface area contributed by atoms with Crippen LogP contribution in [0.15, 0.2) is 48.5 Å². The van der Waals surface area contributed by atoms with Gasteiger partial charge >= 0.3 is 0 Å². The Hall–Kier alpha value is -2.36. The Balaban J connectivity index is 2.21. The Labute approximate surface area is 142 Å². The van der Waals surface area contributed by atoms with E-state index >= 15 is 0 Å². The van der Waals surface area contributed by atoms with Crippen LogP contribution >= 0.6 is 0 Å². The third-order valence-corrected chi connectivity index (χ3v) is 4.37. The molecule has 2 aromatic rings. The fourth-order valence-electron chi connectivity index (χ4n) is 2.52. The molecule has 24 heavy (non-hydrogen) atoms. The lowest BCUT2D eigenvalue weighted by atomic mass is 9.82. The second-order valence-electron chi connectivity index (χ2n) is 6.94. The minimum absolute atomic E-state index is 0.0954. The van der Waals surface area contributed by atoms with Gasteiger partial charge in [0.05, 0.1) is 18.1 Å². The largest absolute Gasteiger partial charge is 0.497 e. The third kappa shape index (κ3) is 3.75. The molecule has 1 amide bonds. The summed E-state index contributed by atoms with van der Waals surface area (Å²) in [4.78, 5) is 12.9. The molecule has 0 heterocycles. The summed E-state index contributed by atoms with van der Waals surface area (Å²) in [7, 11) is 1.61. The summed E-state index contributed by atoms with van der Waals surface area (Å²) < 4.78 is 18.3. The quantitative estimate of drug-likeness (QED) is 0.894. The van der Waals surface area contributed by atoms with Crippen LogP contribution < -0.4 is 10.1 Å². The maximum Gasteiger partial charge on any atom is 0.230 e. The highest BCUT2D eigenvalue weighted by molar-refractivity contribution is 5.88. The van der Waals surface area contributed by atoms with Crippen LogP contribution in [-0.4, -0.2) is 13.0 Å². The Morgan fingerprint density at radius 3 is 1.92 bits per heavy atom. The standard InChI is InChI=1S/C20H24FNO2/c1-19(2,14-8-12-17(24-5)13-9-14)18(23)22-20(3,4)15-6-10-16(21)11-7-15/h6-13H,1-5H3,(H,22,23). The highest BCUT2D eigenvalue weighted by Gasteiger charge is 2.34. The number of amides is 1. The van der Waals surface area contributed by atoms with Crippen LogP contribution in [0.3, 0.4) is 0 Å². The van der Waals surface area contributed by atoms with E-state index in [-0.39, 0.29) is 11.7 Å². The average Bonchev–Trinajstić information content (AvgIpc) is 2.54. The van der Waals surface area contributed by atoms with Crippen molar-refractivity contribution < 1.29 is 13.9 Å². The van der Waals surface area contributed by atoms with Crippen LogP contribution in [0.2, 0.25) is 0 Å². The second-order valence-corrected chi connectivity index (χ2v) is 6.94.